The number of nitrogens with zero attached hydrogens (tertiary/aromatic N) is 2. The van der Waals surface area contributed by atoms with Gasteiger partial charge in [-0.2, -0.15) is 0 Å². The quantitative estimate of drug-likeness (QED) is 0.625. The Morgan fingerprint density at radius 1 is 1.03 bits per heavy atom. The second-order valence-corrected chi connectivity index (χ2v) is 10.0. The van der Waals surface area contributed by atoms with Crippen LogP contribution in [0.1, 0.15) is 36.1 Å². The lowest BCUT2D eigenvalue weighted by atomic mass is 10.1. The van der Waals surface area contributed by atoms with Gasteiger partial charge in [-0.15, -0.1) is 0 Å². The molecular formula is C24H33N3O4S. The molecule has 1 unspecified atom stereocenters. The van der Waals surface area contributed by atoms with Gasteiger partial charge in [0.1, 0.15) is 12.6 Å². The average molecular weight is 460 g/mol. The number of carbonyl (C=O) groups is 2. The molecule has 0 saturated heterocycles. The molecule has 0 spiro atoms. The number of sulfonamides is 1. The molecule has 2 amide bonds. The minimum Gasteiger partial charge on any atom is -0.355 e. The van der Waals surface area contributed by atoms with E-state index < -0.39 is 28.5 Å². The average Bonchev–Trinajstić information content (AvgIpc) is 2.69. The first kappa shape index (κ1) is 25.4. The Balaban J connectivity index is 2.43. The molecular weight excluding hydrogens is 426 g/mol. The van der Waals surface area contributed by atoms with Crippen molar-refractivity contribution in [3.05, 3.63) is 64.7 Å². The predicted molar refractivity (Wildman–Crippen MR) is 128 cm³/mol. The summed E-state index contributed by atoms with van der Waals surface area (Å²) in [6, 6.07) is 12.3. The van der Waals surface area contributed by atoms with E-state index in [0.29, 0.717) is 12.2 Å². The molecule has 7 nitrogen and oxygen atoms in total. The summed E-state index contributed by atoms with van der Waals surface area (Å²) in [5.41, 5.74) is 4.11. The second-order valence-electron chi connectivity index (χ2n) is 8.13. The highest BCUT2D eigenvalue weighted by atomic mass is 32.2. The Morgan fingerprint density at radius 2 is 1.62 bits per heavy atom. The van der Waals surface area contributed by atoms with E-state index in [1.807, 2.05) is 58.0 Å². The van der Waals surface area contributed by atoms with Gasteiger partial charge in [-0.05, 0) is 69.0 Å². The van der Waals surface area contributed by atoms with E-state index in [-0.39, 0.29) is 12.5 Å². The minimum absolute atomic E-state index is 0.203. The fraction of sp³-hybridized carbons (Fsp3) is 0.417. The molecule has 1 N–H and O–H groups in total. The molecule has 1 atom stereocenters. The van der Waals surface area contributed by atoms with Crippen LogP contribution in [0.4, 0.5) is 5.69 Å². The van der Waals surface area contributed by atoms with Crippen molar-refractivity contribution in [3.8, 4) is 0 Å². The van der Waals surface area contributed by atoms with Crippen LogP contribution in [-0.4, -0.2) is 50.5 Å². The fourth-order valence-electron chi connectivity index (χ4n) is 3.58. The first-order chi connectivity index (χ1) is 14.9. The van der Waals surface area contributed by atoms with E-state index in [9.17, 15) is 18.0 Å². The highest BCUT2D eigenvalue weighted by molar-refractivity contribution is 7.92. The highest BCUT2D eigenvalue weighted by Gasteiger charge is 2.30. The maximum absolute atomic E-state index is 13.4. The molecule has 0 heterocycles. The highest BCUT2D eigenvalue weighted by Crippen LogP contribution is 2.22. The van der Waals surface area contributed by atoms with Crippen molar-refractivity contribution >= 4 is 27.5 Å². The van der Waals surface area contributed by atoms with Crippen LogP contribution in [0.2, 0.25) is 0 Å². The van der Waals surface area contributed by atoms with Gasteiger partial charge in [0.15, 0.2) is 0 Å². The Bertz CT molecular complexity index is 1060. The number of amides is 2. The summed E-state index contributed by atoms with van der Waals surface area (Å²) >= 11 is 0. The van der Waals surface area contributed by atoms with Crippen molar-refractivity contribution in [1.29, 1.82) is 0 Å². The van der Waals surface area contributed by atoms with Gasteiger partial charge in [-0.3, -0.25) is 13.9 Å². The van der Waals surface area contributed by atoms with Crippen LogP contribution in [-0.2, 0) is 26.2 Å². The van der Waals surface area contributed by atoms with Crippen LogP contribution < -0.4 is 9.62 Å². The van der Waals surface area contributed by atoms with Gasteiger partial charge in [0.25, 0.3) is 0 Å². The summed E-state index contributed by atoms with van der Waals surface area (Å²) in [6.07, 6.45) is 1.08. The number of aryl methyl sites for hydroxylation is 3. The van der Waals surface area contributed by atoms with Crippen LogP contribution in [0.25, 0.3) is 0 Å². The van der Waals surface area contributed by atoms with Gasteiger partial charge in [-0.25, -0.2) is 8.42 Å². The van der Waals surface area contributed by atoms with E-state index in [0.717, 1.165) is 32.8 Å². The van der Waals surface area contributed by atoms with E-state index in [2.05, 4.69) is 5.32 Å². The molecule has 2 aromatic carbocycles. The molecule has 0 aliphatic rings. The Kier molecular flexibility index (Phi) is 8.44. The van der Waals surface area contributed by atoms with E-state index >= 15 is 0 Å². The first-order valence-electron chi connectivity index (χ1n) is 10.6. The number of hydrogen-bond donors (Lipinski definition) is 1. The van der Waals surface area contributed by atoms with Crippen LogP contribution in [0.5, 0.6) is 0 Å². The van der Waals surface area contributed by atoms with Crippen LogP contribution in [0.3, 0.4) is 0 Å². The van der Waals surface area contributed by atoms with E-state index in [1.165, 1.54) is 4.90 Å². The number of likely N-dealkylation sites (N-methyl/N-ethyl adjacent to an activating group) is 1. The summed E-state index contributed by atoms with van der Waals surface area (Å²) in [5.74, 6) is -0.733. The number of rotatable bonds is 9. The zero-order valence-corrected chi connectivity index (χ0v) is 20.5. The lowest BCUT2D eigenvalue weighted by Crippen LogP contribution is -2.51. The summed E-state index contributed by atoms with van der Waals surface area (Å²) in [7, 11) is -3.73. The van der Waals surface area contributed by atoms with Gasteiger partial charge in [0.2, 0.25) is 21.8 Å². The fourth-order valence-corrected chi connectivity index (χ4v) is 4.42. The van der Waals surface area contributed by atoms with Crippen molar-refractivity contribution in [2.45, 2.75) is 47.2 Å². The van der Waals surface area contributed by atoms with Gasteiger partial charge >= 0.3 is 0 Å². The Hall–Kier alpha value is -2.87. The Morgan fingerprint density at radius 3 is 2.16 bits per heavy atom. The molecule has 0 bridgehead atoms. The number of benzene rings is 2. The van der Waals surface area contributed by atoms with Crippen molar-refractivity contribution in [2.75, 3.05) is 23.7 Å². The van der Waals surface area contributed by atoms with E-state index in [4.69, 9.17) is 0 Å². The standard InChI is InChI=1S/C24H33N3O4S/c1-7-25-24(29)20(5)26(15-21-11-9-8-10-19(21)4)23(28)16-27(32(6,30)31)22-13-17(2)12-18(3)14-22/h8-14,20H,7,15-16H2,1-6H3,(H,25,29). The molecule has 174 valence electrons. The maximum atomic E-state index is 13.4. The second kappa shape index (κ2) is 10.6. The molecule has 0 radical (unpaired) electrons. The number of anilines is 1. The topological polar surface area (TPSA) is 86.8 Å². The third kappa shape index (κ3) is 6.56. The lowest BCUT2D eigenvalue weighted by Gasteiger charge is -2.32. The minimum atomic E-state index is -3.73. The van der Waals surface area contributed by atoms with Crippen molar-refractivity contribution in [3.63, 3.8) is 0 Å². The lowest BCUT2D eigenvalue weighted by molar-refractivity contribution is -0.139. The smallest absolute Gasteiger partial charge is 0.244 e. The van der Waals surface area contributed by atoms with Gasteiger partial charge < -0.3 is 10.2 Å². The van der Waals surface area contributed by atoms with Gasteiger partial charge in [0, 0.05) is 13.1 Å². The van der Waals surface area contributed by atoms with E-state index in [1.54, 1.807) is 19.1 Å². The number of carbonyl (C=O) groups excluding carboxylic acids is 2. The van der Waals surface area contributed by atoms with Gasteiger partial charge in [-0.1, -0.05) is 30.3 Å². The molecule has 2 rings (SSSR count). The summed E-state index contributed by atoms with van der Waals surface area (Å²) in [6.45, 7) is 9.40. The third-order valence-corrected chi connectivity index (χ3v) is 6.43. The molecule has 0 aliphatic carbocycles. The zero-order valence-electron chi connectivity index (χ0n) is 19.7. The van der Waals surface area contributed by atoms with Crippen molar-refractivity contribution in [2.24, 2.45) is 0 Å². The molecule has 0 aliphatic heterocycles. The summed E-state index contributed by atoms with van der Waals surface area (Å²) < 4.78 is 26.3. The molecule has 32 heavy (non-hydrogen) atoms. The summed E-state index contributed by atoms with van der Waals surface area (Å²) in [5, 5.41) is 2.75. The third-order valence-electron chi connectivity index (χ3n) is 5.29. The molecule has 0 fully saturated rings. The Labute approximate surface area is 191 Å². The monoisotopic (exact) mass is 459 g/mol. The SMILES string of the molecule is CCNC(=O)C(C)N(Cc1ccccc1C)C(=O)CN(c1cc(C)cc(C)c1)S(C)(=O)=O. The van der Waals surface area contributed by atoms with Crippen LogP contribution >= 0.6 is 0 Å². The largest absolute Gasteiger partial charge is 0.355 e. The zero-order chi connectivity index (χ0) is 24.1. The molecule has 2 aromatic rings. The molecule has 0 aromatic heterocycles. The van der Waals surface area contributed by atoms with Crippen LogP contribution in [0.15, 0.2) is 42.5 Å². The van der Waals surface area contributed by atoms with Crippen molar-refractivity contribution in [1.82, 2.24) is 10.2 Å². The van der Waals surface area contributed by atoms with Crippen LogP contribution in [0, 0.1) is 20.8 Å². The number of nitrogens with one attached hydrogen (secondary N) is 1. The number of hydrogen-bond acceptors (Lipinski definition) is 4. The predicted octanol–water partition coefficient (Wildman–Crippen LogP) is 2.93. The maximum Gasteiger partial charge on any atom is 0.244 e. The summed E-state index contributed by atoms with van der Waals surface area (Å²) in [4.78, 5) is 27.5. The molecule has 8 heteroatoms. The molecule has 0 saturated carbocycles. The normalized spacial score (nSPS) is 12.2. The first-order valence-corrected chi connectivity index (χ1v) is 12.5. The van der Waals surface area contributed by atoms with Crippen molar-refractivity contribution < 1.29 is 18.0 Å². The van der Waals surface area contributed by atoms with Gasteiger partial charge in [0.05, 0.1) is 11.9 Å².